The van der Waals surface area contributed by atoms with Crippen LogP contribution in [0.25, 0.3) is 5.82 Å². The summed E-state index contributed by atoms with van der Waals surface area (Å²) in [6.45, 7) is 13.8. The number of likely N-dealkylation sites (N-methyl/N-ethyl adjacent to an activating group) is 1. The average molecular weight is 556 g/mol. The highest BCUT2D eigenvalue weighted by molar-refractivity contribution is 6.04. The van der Waals surface area contributed by atoms with Gasteiger partial charge in [0.15, 0.2) is 5.82 Å². The van der Waals surface area contributed by atoms with E-state index >= 15 is 0 Å². The van der Waals surface area contributed by atoms with Crippen LogP contribution < -0.4 is 16.1 Å². The van der Waals surface area contributed by atoms with Crippen LogP contribution in [-0.2, 0) is 5.41 Å². The molecule has 0 saturated carbocycles. The number of nitrogens with zero attached hydrogens (tertiary/aromatic N) is 8. The SMILES string of the molecule is Cc1cc(Nc2cc(NC(=O)c3ccnc(C(C)(C)C)c3)cnc2C)n(-c2cc(NN3CCN(C)CC3)ncn2)n1. The number of aryl methyl sites for hydroxylation is 2. The summed E-state index contributed by atoms with van der Waals surface area (Å²) in [5.41, 5.74) is 7.51. The monoisotopic (exact) mass is 555 g/mol. The van der Waals surface area contributed by atoms with Gasteiger partial charge in [-0.1, -0.05) is 20.8 Å². The summed E-state index contributed by atoms with van der Waals surface area (Å²) in [5, 5.41) is 13.2. The van der Waals surface area contributed by atoms with Crippen molar-refractivity contribution in [3.05, 3.63) is 71.7 Å². The summed E-state index contributed by atoms with van der Waals surface area (Å²) in [6.07, 6.45) is 4.84. The molecule has 0 aliphatic carbocycles. The summed E-state index contributed by atoms with van der Waals surface area (Å²) in [7, 11) is 2.12. The minimum Gasteiger partial charge on any atom is -0.339 e. The first-order chi connectivity index (χ1) is 19.5. The molecule has 4 aromatic rings. The number of hydrazine groups is 1. The van der Waals surface area contributed by atoms with E-state index in [0.29, 0.717) is 28.7 Å². The van der Waals surface area contributed by atoms with Gasteiger partial charge in [-0.05, 0) is 39.1 Å². The van der Waals surface area contributed by atoms with Gasteiger partial charge in [-0.2, -0.15) is 9.78 Å². The van der Waals surface area contributed by atoms with Gasteiger partial charge < -0.3 is 21.0 Å². The van der Waals surface area contributed by atoms with Gasteiger partial charge >= 0.3 is 0 Å². The van der Waals surface area contributed by atoms with Crippen LogP contribution in [-0.4, -0.2) is 78.8 Å². The highest BCUT2D eigenvalue weighted by atomic mass is 16.1. The Bertz CT molecular complexity index is 1530. The van der Waals surface area contributed by atoms with Crippen LogP contribution in [0.2, 0.25) is 0 Å². The minimum absolute atomic E-state index is 0.162. The average Bonchev–Trinajstić information content (AvgIpc) is 3.31. The van der Waals surface area contributed by atoms with E-state index in [-0.39, 0.29) is 11.3 Å². The minimum atomic E-state index is -0.225. The third-order valence-electron chi connectivity index (χ3n) is 6.88. The molecule has 5 rings (SSSR count). The van der Waals surface area contributed by atoms with Gasteiger partial charge in [0.25, 0.3) is 5.91 Å². The Morgan fingerprint density at radius 2 is 1.73 bits per heavy atom. The molecule has 1 aliphatic rings. The Morgan fingerprint density at radius 3 is 2.49 bits per heavy atom. The lowest BCUT2D eigenvalue weighted by molar-refractivity contribution is 0.102. The third-order valence-corrected chi connectivity index (χ3v) is 6.88. The van der Waals surface area contributed by atoms with Crippen molar-refractivity contribution in [2.24, 2.45) is 0 Å². The van der Waals surface area contributed by atoms with E-state index in [9.17, 15) is 4.79 Å². The van der Waals surface area contributed by atoms with Crippen LogP contribution in [0.1, 0.15) is 48.2 Å². The van der Waals surface area contributed by atoms with Crippen molar-refractivity contribution >= 4 is 28.9 Å². The van der Waals surface area contributed by atoms with Gasteiger partial charge in [-0.3, -0.25) is 14.8 Å². The van der Waals surface area contributed by atoms with Crippen molar-refractivity contribution in [2.75, 3.05) is 49.3 Å². The first kappa shape index (κ1) is 28.1. The number of carbonyl (C=O) groups excluding carboxylic acids is 1. The van der Waals surface area contributed by atoms with Crippen LogP contribution in [0.3, 0.4) is 0 Å². The highest BCUT2D eigenvalue weighted by Crippen LogP contribution is 2.26. The van der Waals surface area contributed by atoms with Gasteiger partial charge in [0.05, 0.1) is 29.0 Å². The van der Waals surface area contributed by atoms with Gasteiger partial charge in [0.1, 0.15) is 18.0 Å². The molecular formula is C29H37N11O. The lowest BCUT2D eigenvalue weighted by Crippen LogP contribution is -2.47. The van der Waals surface area contributed by atoms with Crippen LogP contribution in [0.4, 0.5) is 23.0 Å². The first-order valence-corrected chi connectivity index (χ1v) is 13.7. The molecule has 12 heteroatoms. The van der Waals surface area contributed by atoms with Crippen molar-refractivity contribution in [1.29, 1.82) is 0 Å². The molecule has 12 nitrogen and oxygen atoms in total. The molecule has 0 radical (unpaired) electrons. The molecular weight excluding hydrogens is 518 g/mol. The number of anilines is 4. The van der Waals surface area contributed by atoms with Crippen LogP contribution >= 0.6 is 0 Å². The zero-order valence-electron chi connectivity index (χ0n) is 24.4. The second-order valence-electron chi connectivity index (χ2n) is 11.4. The van der Waals surface area contributed by atoms with Gasteiger partial charge in [0.2, 0.25) is 0 Å². The smallest absolute Gasteiger partial charge is 0.255 e. The zero-order chi connectivity index (χ0) is 29.1. The van der Waals surface area contributed by atoms with Crippen LogP contribution in [0, 0.1) is 13.8 Å². The fraction of sp³-hybridized carbons (Fsp3) is 0.379. The fourth-order valence-electron chi connectivity index (χ4n) is 4.42. The molecule has 41 heavy (non-hydrogen) atoms. The van der Waals surface area contributed by atoms with Crippen LogP contribution in [0.5, 0.6) is 0 Å². The molecule has 1 fully saturated rings. The number of nitrogens with one attached hydrogen (secondary N) is 3. The second-order valence-corrected chi connectivity index (χ2v) is 11.4. The normalized spacial score (nSPS) is 14.6. The number of aromatic nitrogens is 6. The first-order valence-electron chi connectivity index (χ1n) is 13.7. The Hall–Kier alpha value is -4.42. The Morgan fingerprint density at radius 1 is 0.951 bits per heavy atom. The number of hydrogen-bond acceptors (Lipinski definition) is 10. The van der Waals surface area contributed by atoms with Crippen molar-refractivity contribution in [1.82, 2.24) is 39.6 Å². The predicted octanol–water partition coefficient (Wildman–Crippen LogP) is 3.94. The van der Waals surface area contributed by atoms with E-state index in [2.05, 4.69) is 78.8 Å². The molecule has 3 N–H and O–H groups in total. The summed E-state index contributed by atoms with van der Waals surface area (Å²) in [4.78, 5) is 33.2. The Balaban J connectivity index is 1.34. The summed E-state index contributed by atoms with van der Waals surface area (Å²) < 4.78 is 1.74. The predicted molar refractivity (Wildman–Crippen MR) is 160 cm³/mol. The molecule has 0 spiro atoms. The van der Waals surface area contributed by atoms with E-state index in [0.717, 1.165) is 48.9 Å². The quantitative estimate of drug-likeness (QED) is 0.308. The van der Waals surface area contributed by atoms with Crippen molar-refractivity contribution < 1.29 is 4.79 Å². The second kappa shape index (κ2) is 11.6. The van der Waals surface area contributed by atoms with E-state index in [1.165, 1.54) is 6.33 Å². The number of amides is 1. The number of hydrogen-bond donors (Lipinski definition) is 3. The molecule has 214 valence electrons. The van der Waals surface area contributed by atoms with E-state index in [1.54, 1.807) is 23.1 Å². The molecule has 0 bridgehead atoms. The Kier molecular flexibility index (Phi) is 7.95. The summed E-state index contributed by atoms with van der Waals surface area (Å²) in [6, 6.07) is 9.20. The highest BCUT2D eigenvalue weighted by Gasteiger charge is 2.19. The number of carbonyl (C=O) groups is 1. The molecule has 1 saturated heterocycles. The zero-order valence-corrected chi connectivity index (χ0v) is 24.4. The van der Waals surface area contributed by atoms with E-state index < -0.39 is 0 Å². The maximum Gasteiger partial charge on any atom is 0.255 e. The molecule has 5 heterocycles. The topological polar surface area (TPSA) is 129 Å². The third kappa shape index (κ3) is 6.84. The number of pyridine rings is 2. The van der Waals surface area contributed by atoms with Crippen LogP contribution in [0.15, 0.2) is 49.1 Å². The summed E-state index contributed by atoms with van der Waals surface area (Å²) in [5.74, 6) is 1.81. The van der Waals surface area contributed by atoms with E-state index in [1.807, 2.05) is 38.1 Å². The largest absolute Gasteiger partial charge is 0.339 e. The van der Waals surface area contributed by atoms with Crippen molar-refractivity contribution in [3.8, 4) is 5.82 Å². The van der Waals surface area contributed by atoms with Gasteiger partial charge in [0, 0.05) is 61.2 Å². The molecule has 0 aromatic carbocycles. The molecule has 1 aliphatic heterocycles. The molecule has 4 aromatic heterocycles. The number of rotatable bonds is 7. The molecule has 0 atom stereocenters. The maximum atomic E-state index is 13.1. The van der Waals surface area contributed by atoms with Gasteiger partial charge in [-0.25, -0.2) is 15.0 Å². The number of piperazine rings is 1. The fourth-order valence-corrected chi connectivity index (χ4v) is 4.42. The van der Waals surface area contributed by atoms with Crippen molar-refractivity contribution in [2.45, 2.75) is 40.0 Å². The van der Waals surface area contributed by atoms with Gasteiger partial charge in [-0.15, -0.1) is 0 Å². The Labute approximate surface area is 240 Å². The lowest BCUT2D eigenvalue weighted by Gasteiger charge is -2.32. The van der Waals surface area contributed by atoms with Crippen molar-refractivity contribution in [3.63, 3.8) is 0 Å². The summed E-state index contributed by atoms with van der Waals surface area (Å²) >= 11 is 0. The lowest BCUT2D eigenvalue weighted by atomic mass is 9.91. The van der Waals surface area contributed by atoms with E-state index in [4.69, 9.17) is 0 Å². The molecule has 1 amide bonds. The molecule has 0 unspecified atom stereocenters. The maximum absolute atomic E-state index is 13.1. The standard InChI is InChI=1S/C29H37N11O/c1-19-13-27(40(36-19)26-16-25(32-18-33-26)37-39-11-9-38(6)10-12-39)35-23-15-22(17-31-20(23)2)34-28(41)21-7-8-30-24(14-21)29(3,4)5/h7-8,13-18,35H,9-12H2,1-6H3,(H,34,41)(H,32,33,37).